The lowest BCUT2D eigenvalue weighted by molar-refractivity contribution is 0.0600. The topological polar surface area (TPSA) is 66.1 Å². The minimum atomic E-state index is -0.564. The summed E-state index contributed by atoms with van der Waals surface area (Å²) in [5, 5.41) is 4.44. The largest absolute Gasteiger partial charge is 0.465 e. The van der Waals surface area contributed by atoms with Crippen LogP contribution in [0.3, 0.4) is 0 Å². The van der Waals surface area contributed by atoms with Crippen LogP contribution in [0.2, 0.25) is 0 Å². The molecule has 0 atom stereocenters. The van der Waals surface area contributed by atoms with Gasteiger partial charge in [0.05, 0.1) is 24.0 Å². The third kappa shape index (κ3) is 2.90. The zero-order valence-electron chi connectivity index (χ0n) is 15.3. The Labute approximate surface area is 166 Å². The predicted molar refractivity (Wildman–Crippen MR) is 109 cm³/mol. The summed E-state index contributed by atoms with van der Waals surface area (Å²) >= 11 is 4.48. The summed E-state index contributed by atoms with van der Waals surface area (Å²) in [6.45, 7) is 1.90. The summed E-state index contributed by atoms with van der Waals surface area (Å²) in [5.41, 5.74) is 2.83. The fourth-order valence-electron chi connectivity index (χ4n) is 3.15. The first-order chi connectivity index (χ1) is 13.5. The zero-order valence-corrected chi connectivity index (χ0v) is 16.2. The quantitative estimate of drug-likeness (QED) is 0.429. The Kier molecular flexibility index (Phi) is 4.52. The molecule has 0 bridgehead atoms. The van der Waals surface area contributed by atoms with E-state index in [9.17, 15) is 9.59 Å². The molecule has 0 saturated carbocycles. The summed E-state index contributed by atoms with van der Waals surface area (Å²) in [6, 6.07) is 14.9. The van der Waals surface area contributed by atoms with Crippen LogP contribution in [0.15, 0.2) is 70.6 Å². The molecule has 2 aliphatic heterocycles. The van der Waals surface area contributed by atoms with Gasteiger partial charge in [0, 0.05) is 17.3 Å². The molecule has 4 rings (SSSR count). The fraction of sp³-hybridized carbons (Fsp3) is 0.0952. The van der Waals surface area contributed by atoms with E-state index in [4.69, 9.17) is 4.74 Å². The van der Waals surface area contributed by atoms with Gasteiger partial charge in [0.15, 0.2) is 0 Å². The van der Waals surface area contributed by atoms with Crippen LogP contribution in [0, 0.1) is 6.92 Å². The maximum Gasteiger partial charge on any atom is 0.341 e. The molecule has 2 heterocycles. The van der Waals surface area contributed by atoms with Gasteiger partial charge >= 0.3 is 5.97 Å². The molecule has 0 amide bonds. The van der Waals surface area contributed by atoms with E-state index in [0.717, 1.165) is 11.3 Å². The molecular weight excluding hydrogens is 374 g/mol. The van der Waals surface area contributed by atoms with Crippen molar-refractivity contribution in [2.45, 2.75) is 11.8 Å². The smallest absolute Gasteiger partial charge is 0.341 e. The third-order valence-electron chi connectivity index (χ3n) is 4.58. The summed E-state index contributed by atoms with van der Waals surface area (Å²) in [7, 11) is 1.30. The summed E-state index contributed by atoms with van der Waals surface area (Å²) < 4.78 is 7.94. The van der Waals surface area contributed by atoms with Crippen LogP contribution < -0.4 is 5.56 Å². The normalized spacial score (nSPS) is 11.0. The van der Waals surface area contributed by atoms with Gasteiger partial charge in [-0.2, -0.15) is 9.78 Å². The average molecular weight is 391 g/mol. The number of carbonyl (C=O) groups excluding carboxylic acids is 1. The molecule has 0 unspecified atom stereocenters. The summed E-state index contributed by atoms with van der Waals surface area (Å²) in [6.07, 6.45) is 3.28. The minimum absolute atomic E-state index is 0.209. The highest BCUT2D eigenvalue weighted by Gasteiger charge is 2.25. The molecular formula is C21H17N3O3S. The molecule has 2 aromatic carbocycles. The van der Waals surface area contributed by atoms with Gasteiger partial charge in [-0.3, -0.25) is 4.79 Å². The SMILES string of the molecule is COC(=O)c1cn(-c2ccccc2S)cc2c(=O)n(-c3ccccc3C)nc1-2. The van der Waals surface area contributed by atoms with Gasteiger partial charge in [0.25, 0.3) is 5.56 Å². The van der Waals surface area contributed by atoms with Crippen LogP contribution in [-0.2, 0) is 4.74 Å². The van der Waals surface area contributed by atoms with Crippen LogP contribution in [0.5, 0.6) is 0 Å². The Morgan fingerprint density at radius 1 is 1.04 bits per heavy atom. The second-order valence-electron chi connectivity index (χ2n) is 6.33. The van der Waals surface area contributed by atoms with Crippen molar-refractivity contribution in [3.05, 3.63) is 82.4 Å². The van der Waals surface area contributed by atoms with E-state index >= 15 is 0 Å². The lowest BCUT2D eigenvalue weighted by Crippen LogP contribution is -2.16. The molecule has 28 heavy (non-hydrogen) atoms. The standard InChI is InChI=1S/C21H17N3O3S/c1-13-7-3-4-8-16(13)24-20(25)14-11-23(17-9-5-6-10-18(17)28)12-15(19(14)22-24)21(26)27-2/h3-12,28H,1-2H3. The molecule has 0 spiro atoms. The van der Waals surface area contributed by atoms with E-state index in [1.807, 2.05) is 55.5 Å². The number of pyridine rings is 1. The molecule has 2 aliphatic rings. The second kappa shape index (κ2) is 7.01. The lowest BCUT2D eigenvalue weighted by Gasteiger charge is -2.13. The molecule has 6 nitrogen and oxygen atoms in total. The molecule has 140 valence electrons. The van der Waals surface area contributed by atoms with Crippen LogP contribution in [0.25, 0.3) is 22.6 Å². The maximum atomic E-state index is 13.1. The van der Waals surface area contributed by atoms with Gasteiger partial charge < -0.3 is 9.30 Å². The number of benzene rings is 2. The van der Waals surface area contributed by atoms with Crippen molar-refractivity contribution in [1.82, 2.24) is 14.3 Å². The average Bonchev–Trinajstić information content (AvgIpc) is 3.04. The van der Waals surface area contributed by atoms with Crippen molar-refractivity contribution >= 4 is 18.6 Å². The number of fused-ring (bicyclic) bond motifs is 1. The van der Waals surface area contributed by atoms with Crippen molar-refractivity contribution in [3.63, 3.8) is 0 Å². The number of rotatable bonds is 3. The Balaban J connectivity index is 2.04. The fourth-order valence-corrected chi connectivity index (χ4v) is 3.43. The molecule has 0 radical (unpaired) electrons. The van der Waals surface area contributed by atoms with Crippen molar-refractivity contribution in [2.24, 2.45) is 0 Å². The Hall–Kier alpha value is -3.32. The minimum Gasteiger partial charge on any atom is -0.465 e. The Morgan fingerprint density at radius 3 is 2.39 bits per heavy atom. The number of para-hydroxylation sites is 2. The monoisotopic (exact) mass is 391 g/mol. The third-order valence-corrected chi connectivity index (χ3v) is 4.96. The van der Waals surface area contributed by atoms with E-state index in [1.54, 1.807) is 17.0 Å². The van der Waals surface area contributed by atoms with Crippen LogP contribution >= 0.6 is 12.6 Å². The number of carbonyl (C=O) groups is 1. The molecule has 0 fully saturated rings. The van der Waals surface area contributed by atoms with Crippen molar-refractivity contribution in [1.29, 1.82) is 0 Å². The highest BCUT2D eigenvalue weighted by Crippen LogP contribution is 2.27. The molecule has 0 saturated heterocycles. The first kappa shape index (κ1) is 18.1. The number of hydrogen-bond donors (Lipinski definition) is 1. The van der Waals surface area contributed by atoms with Gasteiger partial charge in [-0.1, -0.05) is 30.3 Å². The van der Waals surface area contributed by atoms with E-state index in [-0.39, 0.29) is 11.1 Å². The molecule has 0 N–H and O–H groups in total. The number of ether oxygens (including phenoxy) is 1. The number of esters is 1. The van der Waals surface area contributed by atoms with Crippen molar-refractivity contribution in [3.8, 4) is 22.6 Å². The van der Waals surface area contributed by atoms with Gasteiger partial charge in [0.2, 0.25) is 0 Å². The van der Waals surface area contributed by atoms with Gasteiger partial charge in [0.1, 0.15) is 11.3 Å². The second-order valence-corrected chi connectivity index (χ2v) is 6.81. The van der Waals surface area contributed by atoms with Crippen LogP contribution in [-0.4, -0.2) is 27.4 Å². The lowest BCUT2D eigenvalue weighted by atomic mass is 10.1. The van der Waals surface area contributed by atoms with E-state index in [2.05, 4.69) is 17.7 Å². The summed E-state index contributed by atoms with van der Waals surface area (Å²) in [5.74, 6) is -0.564. The van der Waals surface area contributed by atoms with Crippen molar-refractivity contribution in [2.75, 3.05) is 7.11 Å². The Bertz CT molecular complexity index is 1230. The highest BCUT2D eigenvalue weighted by molar-refractivity contribution is 7.80. The molecule has 2 aromatic rings. The molecule has 0 aromatic heterocycles. The van der Waals surface area contributed by atoms with Gasteiger partial charge in [-0.25, -0.2) is 4.79 Å². The van der Waals surface area contributed by atoms with E-state index in [0.29, 0.717) is 21.8 Å². The van der Waals surface area contributed by atoms with E-state index < -0.39 is 5.97 Å². The Morgan fingerprint density at radius 2 is 1.71 bits per heavy atom. The first-order valence-corrected chi connectivity index (χ1v) is 9.03. The number of thiol groups is 1. The van der Waals surface area contributed by atoms with Crippen molar-refractivity contribution < 1.29 is 9.53 Å². The van der Waals surface area contributed by atoms with Gasteiger partial charge in [-0.15, -0.1) is 12.6 Å². The number of aromatic nitrogens is 3. The highest BCUT2D eigenvalue weighted by atomic mass is 32.1. The zero-order chi connectivity index (χ0) is 19.8. The van der Waals surface area contributed by atoms with E-state index in [1.165, 1.54) is 11.8 Å². The van der Waals surface area contributed by atoms with Gasteiger partial charge in [-0.05, 0) is 30.7 Å². The maximum absolute atomic E-state index is 13.1. The molecule has 0 aliphatic carbocycles. The van der Waals surface area contributed by atoms with Crippen LogP contribution in [0.1, 0.15) is 15.9 Å². The number of methoxy groups -OCH3 is 1. The first-order valence-electron chi connectivity index (χ1n) is 8.59. The molecule has 7 heteroatoms. The predicted octanol–water partition coefficient (Wildman–Crippen LogP) is 3.51. The summed E-state index contributed by atoms with van der Waals surface area (Å²) in [4.78, 5) is 26.3. The number of aryl methyl sites for hydroxylation is 1. The number of hydrogen-bond acceptors (Lipinski definition) is 5. The number of nitrogens with zero attached hydrogens (tertiary/aromatic N) is 3. The van der Waals surface area contributed by atoms with Crippen LogP contribution in [0.4, 0.5) is 0 Å².